The molecule has 0 saturated carbocycles. The molecule has 19 heavy (non-hydrogen) atoms. The van der Waals surface area contributed by atoms with Crippen molar-refractivity contribution >= 4 is 11.3 Å². The highest BCUT2D eigenvalue weighted by Gasteiger charge is 2.40. The SMILES string of the molecule is OC(CNCC(F)(F)C(F)F)COCc1cccs1. The van der Waals surface area contributed by atoms with Gasteiger partial charge >= 0.3 is 12.3 Å². The van der Waals surface area contributed by atoms with Crippen molar-refractivity contribution in [2.24, 2.45) is 0 Å². The number of aliphatic hydroxyl groups excluding tert-OH is 1. The summed E-state index contributed by atoms with van der Waals surface area (Å²) in [5.41, 5.74) is 0. The van der Waals surface area contributed by atoms with Gasteiger partial charge in [0, 0.05) is 11.4 Å². The van der Waals surface area contributed by atoms with Crippen molar-refractivity contribution in [1.82, 2.24) is 5.32 Å². The summed E-state index contributed by atoms with van der Waals surface area (Å²) in [6, 6.07) is 3.71. The van der Waals surface area contributed by atoms with Crippen molar-refractivity contribution in [3.05, 3.63) is 22.4 Å². The van der Waals surface area contributed by atoms with Gasteiger partial charge in [-0.1, -0.05) is 6.07 Å². The van der Waals surface area contributed by atoms with E-state index in [9.17, 15) is 22.7 Å². The first-order valence-corrected chi connectivity index (χ1v) is 6.44. The average Bonchev–Trinajstić information content (AvgIpc) is 2.81. The summed E-state index contributed by atoms with van der Waals surface area (Å²) < 4.78 is 53.8. The zero-order chi connectivity index (χ0) is 14.3. The second-order valence-electron chi connectivity index (χ2n) is 3.94. The van der Waals surface area contributed by atoms with Crippen LogP contribution >= 0.6 is 11.3 Å². The molecule has 110 valence electrons. The molecule has 1 unspecified atom stereocenters. The number of halogens is 4. The lowest BCUT2D eigenvalue weighted by Crippen LogP contribution is -2.42. The largest absolute Gasteiger partial charge is 0.389 e. The maximum Gasteiger partial charge on any atom is 0.319 e. The quantitative estimate of drug-likeness (QED) is 0.687. The number of hydrogen-bond acceptors (Lipinski definition) is 4. The summed E-state index contributed by atoms with van der Waals surface area (Å²) >= 11 is 1.49. The molecule has 2 N–H and O–H groups in total. The van der Waals surface area contributed by atoms with Crippen LogP contribution in [-0.2, 0) is 11.3 Å². The van der Waals surface area contributed by atoms with Crippen LogP contribution in [0, 0.1) is 0 Å². The second-order valence-corrected chi connectivity index (χ2v) is 4.97. The highest BCUT2D eigenvalue weighted by molar-refractivity contribution is 7.09. The molecule has 0 aliphatic carbocycles. The van der Waals surface area contributed by atoms with Gasteiger partial charge in [-0.15, -0.1) is 11.3 Å². The molecular weight excluding hydrogens is 286 g/mol. The first-order valence-electron chi connectivity index (χ1n) is 5.56. The van der Waals surface area contributed by atoms with Gasteiger partial charge in [0.1, 0.15) is 0 Å². The number of alkyl halides is 4. The summed E-state index contributed by atoms with van der Waals surface area (Å²) in [6.07, 6.45) is -4.74. The molecule has 0 spiro atoms. The van der Waals surface area contributed by atoms with Gasteiger partial charge in [0.15, 0.2) is 0 Å². The highest BCUT2D eigenvalue weighted by Crippen LogP contribution is 2.21. The molecular formula is C11H15F4NO2S. The number of rotatable bonds is 9. The van der Waals surface area contributed by atoms with Gasteiger partial charge in [0.2, 0.25) is 0 Å². The molecule has 1 rings (SSSR count). The lowest BCUT2D eigenvalue weighted by molar-refractivity contribution is -0.126. The minimum atomic E-state index is -4.09. The Hall–Kier alpha value is -0.700. The van der Waals surface area contributed by atoms with Crippen LogP contribution in [0.5, 0.6) is 0 Å². The van der Waals surface area contributed by atoms with Gasteiger partial charge < -0.3 is 15.2 Å². The number of nitrogens with one attached hydrogen (secondary N) is 1. The Morgan fingerprint density at radius 3 is 2.74 bits per heavy atom. The molecule has 1 atom stereocenters. The highest BCUT2D eigenvalue weighted by atomic mass is 32.1. The minimum Gasteiger partial charge on any atom is -0.389 e. The van der Waals surface area contributed by atoms with E-state index in [0.29, 0.717) is 6.61 Å². The number of ether oxygens (including phenoxy) is 1. The predicted octanol–water partition coefficient (Wildman–Crippen LogP) is 2.12. The fourth-order valence-corrected chi connectivity index (χ4v) is 1.87. The summed E-state index contributed by atoms with van der Waals surface area (Å²) in [5, 5.41) is 13.4. The van der Waals surface area contributed by atoms with Gasteiger partial charge in [-0.25, -0.2) is 8.78 Å². The normalized spacial score (nSPS) is 14.0. The summed E-state index contributed by atoms with van der Waals surface area (Å²) in [4.78, 5) is 0.976. The predicted molar refractivity (Wildman–Crippen MR) is 63.8 cm³/mol. The fraction of sp³-hybridized carbons (Fsp3) is 0.636. The monoisotopic (exact) mass is 301 g/mol. The average molecular weight is 301 g/mol. The van der Waals surface area contributed by atoms with Crippen molar-refractivity contribution in [1.29, 1.82) is 0 Å². The summed E-state index contributed by atoms with van der Waals surface area (Å²) in [5.74, 6) is -4.09. The molecule has 0 aliphatic rings. The van der Waals surface area contributed by atoms with E-state index in [2.05, 4.69) is 5.32 Å². The van der Waals surface area contributed by atoms with E-state index >= 15 is 0 Å². The molecule has 0 saturated heterocycles. The van der Waals surface area contributed by atoms with Crippen molar-refractivity contribution in [2.45, 2.75) is 25.1 Å². The van der Waals surface area contributed by atoms with Crippen molar-refractivity contribution in [3.8, 4) is 0 Å². The van der Waals surface area contributed by atoms with Crippen molar-refractivity contribution in [3.63, 3.8) is 0 Å². The van der Waals surface area contributed by atoms with E-state index in [1.165, 1.54) is 11.3 Å². The third kappa shape index (κ3) is 6.33. The number of thiophene rings is 1. The minimum absolute atomic E-state index is 0.0504. The molecule has 0 aromatic carbocycles. The van der Waals surface area contributed by atoms with Gasteiger partial charge in [-0.05, 0) is 11.4 Å². The summed E-state index contributed by atoms with van der Waals surface area (Å²) in [6.45, 7) is -1.13. The van der Waals surface area contributed by atoms with Crippen LogP contribution in [0.4, 0.5) is 17.6 Å². The molecule has 0 aliphatic heterocycles. The van der Waals surface area contributed by atoms with Gasteiger partial charge in [0.05, 0.1) is 25.9 Å². The molecule has 3 nitrogen and oxygen atoms in total. The Kier molecular flexibility index (Phi) is 6.70. The van der Waals surface area contributed by atoms with Crippen molar-refractivity contribution < 1.29 is 27.4 Å². The second kappa shape index (κ2) is 7.78. The van der Waals surface area contributed by atoms with E-state index in [0.717, 1.165) is 4.88 Å². The third-order valence-electron chi connectivity index (χ3n) is 2.19. The Morgan fingerprint density at radius 2 is 2.16 bits per heavy atom. The molecule has 1 aromatic heterocycles. The van der Waals surface area contributed by atoms with Crippen LogP contribution in [0.2, 0.25) is 0 Å². The standard InChI is InChI=1S/C11H15F4NO2S/c12-10(13)11(14,15)7-16-4-8(17)5-18-6-9-2-1-3-19-9/h1-3,8,10,16-17H,4-7H2. The molecule has 0 bridgehead atoms. The van der Waals surface area contributed by atoms with E-state index in [-0.39, 0.29) is 13.2 Å². The Bertz CT molecular complexity index is 348. The molecule has 1 heterocycles. The van der Waals surface area contributed by atoms with Crippen LogP contribution in [0.25, 0.3) is 0 Å². The Morgan fingerprint density at radius 1 is 1.42 bits per heavy atom. The lowest BCUT2D eigenvalue weighted by atomic mass is 10.3. The molecule has 0 amide bonds. The van der Waals surface area contributed by atoms with E-state index in [1.54, 1.807) is 0 Å². The third-order valence-corrected chi connectivity index (χ3v) is 3.04. The van der Waals surface area contributed by atoms with Crippen LogP contribution in [0.3, 0.4) is 0 Å². The number of aliphatic hydroxyl groups is 1. The van der Waals surface area contributed by atoms with E-state index in [4.69, 9.17) is 4.74 Å². The van der Waals surface area contributed by atoms with Crippen LogP contribution in [-0.4, -0.2) is 43.3 Å². The Labute approximate surface area is 112 Å². The van der Waals surface area contributed by atoms with Gasteiger partial charge in [0.25, 0.3) is 0 Å². The van der Waals surface area contributed by atoms with E-state index < -0.39 is 25.0 Å². The topological polar surface area (TPSA) is 41.5 Å². The zero-order valence-corrected chi connectivity index (χ0v) is 10.8. The number of hydrogen-bond donors (Lipinski definition) is 2. The van der Waals surface area contributed by atoms with Crippen molar-refractivity contribution in [2.75, 3.05) is 19.7 Å². The van der Waals surface area contributed by atoms with Gasteiger partial charge in [-0.3, -0.25) is 0 Å². The maximum atomic E-state index is 12.5. The lowest BCUT2D eigenvalue weighted by Gasteiger charge is -2.17. The summed E-state index contributed by atoms with van der Waals surface area (Å²) in [7, 11) is 0. The van der Waals surface area contributed by atoms with Crippen LogP contribution in [0.15, 0.2) is 17.5 Å². The molecule has 8 heteroatoms. The smallest absolute Gasteiger partial charge is 0.319 e. The zero-order valence-electron chi connectivity index (χ0n) is 9.99. The maximum absolute atomic E-state index is 12.5. The first kappa shape index (κ1) is 16.4. The fourth-order valence-electron chi connectivity index (χ4n) is 1.23. The van der Waals surface area contributed by atoms with Gasteiger partial charge in [-0.2, -0.15) is 8.78 Å². The van der Waals surface area contributed by atoms with E-state index in [1.807, 2.05) is 17.5 Å². The van der Waals surface area contributed by atoms with Crippen LogP contribution in [0.1, 0.15) is 4.88 Å². The Balaban J connectivity index is 2.09. The molecule has 1 aromatic rings. The molecule has 0 radical (unpaired) electrons. The first-order chi connectivity index (χ1) is 8.92. The molecule has 0 fully saturated rings. The van der Waals surface area contributed by atoms with Crippen LogP contribution < -0.4 is 5.32 Å².